The molecule has 1 aromatic carbocycles. The minimum absolute atomic E-state index is 0.0226. The summed E-state index contributed by atoms with van der Waals surface area (Å²) in [5.41, 5.74) is 6.73. The first-order chi connectivity index (χ1) is 8.93. The van der Waals surface area contributed by atoms with Crippen molar-refractivity contribution in [2.24, 2.45) is 0 Å². The Bertz CT molecular complexity index is 511. The van der Waals surface area contributed by atoms with Crippen LogP contribution in [0.15, 0.2) is 24.3 Å². The molecule has 0 saturated carbocycles. The maximum Gasteiger partial charge on any atom is 0.307 e. The Labute approximate surface area is 113 Å². The molecule has 0 amide bonds. The third kappa shape index (κ3) is 6.21. The van der Waals surface area contributed by atoms with E-state index in [9.17, 15) is 13.2 Å². The fourth-order valence-corrected chi connectivity index (χ4v) is 2.57. The van der Waals surface area contributed by atoms with E-state index in [4.69, 9.17) is 10.5 Å². The Morgan fingerprint density at radius 3 is 2.53 bits per heavy atom. The minimum atomic E-state index is -3.46. The van der Waals surface area contributed by atoms with Gasteiger partial charge in [-0.25, -0.2) is 13.1 Å². The molecule has 0 atom stereocenters. The summed E-state index contributed by atoms with van der Waals surface area (Å²) >= 11 is 0. The first-order valence-corrected chi connectivity index (χ1v) is 7.55. The summed E-state index contributed by atoms with van der Waals surface area (Å²) < 4.78 is 30.5. The second kappa shape index (κ2) is 7.10. The van der Waals surface area contributed by atoms with E-state index in [2.05, 4.69) is 4.72 Å². The molecule has 7 heteroatoms. The SMILES string of the molecule is CCOC(=O)CCNS(=O)(=O)Cc1ccc(N)cc1. The van der Waals surface area contributed by atoms with E-state index < -0.39 is 16.0 Å². The second-order valence-corrected chi connectivity index (χ2v) is 5.76. The Kier molecular flexibility index (Phi) is 5.78. The van der Waals surface area contributed by atoms with E-state index in [0.29, 0.717) is 11.3 Å². The molecule has 6 nitrogen and oxygen atoms in total. The van der Waals surface area contributed by atoms with Crippen molar-refractivity contribution in [1.82, 2.24) is 4.72 Å². The summed E-state index contributed by atoms with van der Waals surface area (Å²) in [6.45, 7) is 2.02. The average molecular weight is 286 g/mol. The highest BCUT2D eigenvalue weighted by Gasteiger charge is 2.12. The van der Waals surface area contributed by atoms with Crippen LogP contribution in [-0.2, 0) is 25.3 Å². The number of nitrogens with two attached hydrogens (primary N) is 1. The number of anilines is 1. The van der Waals surface area contributed by atoms with Gasteiger partial charge in [0.2, 0.25) is 10.0 Å². The van der Waals surface area contributed by atoms with E-state index >= 15 is 0 Å². The highest BCUT2D eigenvalue weighted by Crippen LogP contribution is 2.08. The molecule has 0 saturated heterocycles. The second-order valence-electron chi connectivity index (χ2n) is 3.95. The molecule has 3 N–H and O–H groups in total. The predicted molar refractivity (Wildman–Crippen MR) is 72.7 cm³/mol. The molecule has 0 aliphatic heterocycles. The van der Waals surface area contributed by atoms with E-state index in [1.165, 1.54) is 0 Å². The van der Waals surface area contributed by atoms with Crippen molar-refractivity contribution in [3.63, 3.8) is 0 Å². The summed E-state index contributed by atoms with van der Waals surface area (Å²) in [6, 6.07) is 6.59. The molecule has 0 aliphatic rings. The van der Waals surface area contributed by atoms with Crippen molar-refractivity contribution in [1.29, 1.82) is 0 Å². The lowest BCUT2D eigenvalue weighted by Gasteiger charge is -2.07. The Morgan fingerprint density at radius 2 is 1.95 bits per heavy atom. The zero-order valence-electron chi connectivity index (χ0n) is 10.8. The fraction of sp³-hybridized carbons (Fsp3) is 0.417. The Morgan fingerprint density at radius 1 is 1.32 bits per heavy atom. The molecule has 1 aromatic rings. The molecule has 0 fully saturated rings. The van der Waals surface area contributed by atoms with Gasteiger partial charge in [0, 0.05) is 12.2 Å². The van der Waals surface area contributed by atoms with Gasteiger partial charge in [0.05, 0.1) is 18.8 Å². The molecule has 0 radical (unpaired) electrons. The lowest BCUT2D eigenvalue weighted by molar-refractivity contribution is -0.142. The summed E-state index contributed by atoms with van der Waals surface area (Å²) in [5, 5.41) is 0. The minimum Gasteiger partial charge on any atom is -0.466 e. The molecule has 0 aliphatic carbocycles. The molecule has 1 rings (SSSR count). The normalized spacial score (nSPS) is 11.2. The van der Waals surface area contributed by atoms with Gasteiger partial charge in [0.15, 0.2) is 0 Å². The summed E-state index contributed by atoms with van der Waals surface area (Å²) in [6.07, 6.45) is 0.0226. The average Bonchev–Trinajstić information content (AvgIpc) is 2.32. The van der Waals surface area contributed by atoms with Crippen LogP contribution in [0, 0.1) is 0 Å². The zero-order chi connectivity index (χ0) is 14.3. The van der Waals surface area contributed by atoms with E-state index in [-0.39, 0.29) is 25.3 Å². The number of rotatable bonds is 7. The highest BCUT2D eigenvalue weighted by molar-refractivity contribution is 7.88. The maximum atomic E-state index is 11.7. The third-order valence-corrected chi connectivity index (χ3v) is 3.65. The molecule has 0 spiro atoms. The van der Waals surface area contributed by atoms with Gasteiger partial charge in [0.25, 0.3) is 0 Å². The van der Waals surface area contributed by atoms with Gasteiger partial charge in [-0.1, -0.05) is 12.1 Å². The molecule has 19 heavy (non-hydrogen) atoms. The van der Waals surface area contributed by atoms with Crippen LogP contribution in [-0.4, -0.2) is 27.5 Å². The number of ether oxygens (including phenoxy) is 1. The highest BCUT2D eigenvalue weighted by atomic mass is 32.2. The van der Waals surface area contributed by atoms with Gasteiger partial charge >= 0.3 is 5.97 Å². The number of sulfonamides is 1. The van der Waals surface area contributed by atoms with Gasteiger partial charge in [-0.05, 0) is 24.6 Å². The molecule has 0 aromatic heterocycles. The van der Waals surface area contributed by atoms with Crippen molar-refractivity contribution in [3.8, 4) is 0 Å². The van der Waals surface area contributed by atoms with Gasteiger partial charge in [0.1, 0.15) is 0 Å². The molecular formula is C12H18N2O4S. The number of carbonyl (C=O) groups excluding carboxylic acids is 1. The number of carbonyl (C=O) groups is 1. The number of hydrogen-bond acceptors (Lipinski definition) is 5. The smallest absolute Gasteiger partial charge is 0.307 e. The van der Waals surface area contributed by atoms with Crippen molar-refractivity contribution in [3.05, 3.63) is 29.8 Å². The van der Waals surface area contributed by atoms with Crippen LogP contribution >= 0.6 is 0 Å². The van der Waals surface area contributed by atoms with E-state index in [0.717, 1.165) is 0 Å². The fourth-order valence-electron chi connectivity index (χ4n) is 1.43. The van der Waals surface area contributed by atoms with Crippen LogP contribution in [0.5, 0.6) is 0 Å². The first-order valence-electron chi connectivity index (χ1n) is 5.90. The largest absolute Gasteiger partial charge is 0.466 e. The van der Waals surface area contributed by atoms with Gasteiger partial charge < -0.3 is 10.5 Å². The quantitative estimate of drug-likeness (QED) is 0.566. The van der Waals surface area contributed by atoms with E-state index in [1.54, 1.807) is 31.2 Å². The standard InChI is InChI=1S/C12H18N2O4S/c1-2-18-12(15)7-8-14-19(16,17)9-10-3-5-11(13)6-4-10/h3-6,14H,2,7-9,13H2,1H3. The monoisotopic (exact) mass is 286 g/mol. The topological polar surface area (TPSA) is 98.5 Å². The van der Waals surface area contributed by atoms with E-state index in [1.807, 2.05) is 0 Å². The van der Waals surface area contributed by atoms with Crippen LogP contribution in [0.1, 0.15) is 18.9 Å². The van der Waals surface area contributed by atoms with Crippen molar-refractivity contribution in [2.75, 3.05) is 18.9 Å². The van der Waals surface area contributed by atoms with Crippen LogP contribution in [0.2, 0.25) is 0 Å². The number of nitrogen functional groups attached to an aromatic ring is 1. The lowest BCUT2D eigenvalue weighted by Crippen LogP contribution is -2.28. The summed E-state index contributed by atoms with van der Waals surface area (Å²) in [4.78, 5) is 11.1. The molecule has 0 heterocycles. The molecule has 0 bridgehead atoms. The van der Waals surface area contributed by atoms with Crippen LogP contribution in [0.4, 0.5) is 5.69 Å². The van der Waals surface area contributed by atoms with Crippen LogP contribution in [0.25, 0.3) is 0 Å². The molecule has 106 valence electrons. The van der Waals surface area contributed by atoms with Crippen LogP contribution in [0.3, 0.4) is 0 Å². The van der Waals surface area contributed by atoms with Crippen molar-refractivity contribution in [2.45, 2.75) is 19.1 Å². The Hall–Kier alpha value is -1.60. The summed E-state index contributed by atoms with van der Waals surface area (Å²) in [5.74, 6) is -0.562. The third-order valence-electron chi connectivity index (χ3n) is 2.29. The van der Waals surface area contributed by atoms with Gasteiger partial charge in [-0.2, -0.15) is 0 Å². The van der Waals surface area contributed by atoms with Crippen molar-refractivity contribution >= 4 is 21.7 Å². The number of nitrogens with one attached hydrogen (secondary N) is 1. The van der Waals surface area contributed by atoms with Crippen molar-refractivity contribution < 1.29 is 17.9 Å². The van der Waals surface area contributed by atoms with Gasteiger partial charge in [-0.3, -0.25) is 4.79 Å². The number of hydrogen-bond donors (Lipinski definition) is 2. The molecular weight excluding hydrogens is 268 g/mol. The predicted octanol–water partition coefficient (Wildman–Crippen LogP) is 0.641. The zero-order valence-corrected chi connectivity index (χ0v) is 11.6. The Balaban J connectivity index is 2.44. The maximum absolute atomic E-state index is 11.7. The van der Waals surface area contributed by atoms with Crippen LogP contribution < -0.4 is 10.5 Å². The van der Waals surface area contributed by atoms with Gasteiger partial charge in [-0.15, -0.1) is 0 Å². The first kappa shape index (κ1) is 15.5. The lowest BCUT2D eigenvalue weighted by atomic mass is 10.2. The number of benzene rings is 1. The molecule has 0 unspecified atom stereocenters. The summed E-state index contributed by atoms with van der Waals surface area (Å²) in [7, 11) is -3.46. The number of esters is 1.